The third kappa shape index (κ3) is 1.64. The highest BCUT2D eigenvalue weighted by Gasteiger charge is 2.11. The summed E-state index contributed by atoms with van der Waals surface area (Å²) in [4.78, 5) is 17.3. The Labute approximate surface area is 90.6 Å². The van der Waals surface area contributed by atoms with E-state index in [1.807, 2.05) is 6.07 Å². The summed E-state index contributed by atoms with van der Waals surface area (Å²) in [5.74, 6) is -0.422. The van der Waals surface area contributed by atoms with E-state index < -0.39 is 11.4 Å². The first-order chi connectivity index (χ1) is 7.72. The summed E-state index contributed by atoms with van der Waals surface area (Å²) < 4.78 is 0. The van der Waals surface area contributed by atoms with Gasteiger partial charge in [0.05, 0.1) is 0 Å². The monoisotopic (exact) mass is 213 g/mol. The van der Waals surface area contributed by atoms with Gasteiger partial charge in [-0.2, -0.15) is 5.26 Å². The van der Waals surface area contributed by atoms with Gasteiger partial charge in [-0.15, -0.1) is 0 Å². The molecule has 2 aromatic rings. The molecule has 0 saturated carbocycles. The number of aromatic amines is 1. The zero-order valence-corrected chi connectivity index (χ0v) is 8.14. The number of H-pyrrole nitrogens is 1. The Hall–Kier alpha value is -2.61. The molecule has 0 spiro atoms. The van der Waals surface area contributed by atoms with Gasteiger partial charge in [0.25, 0.3) is 5.56 Å². The fourth-order valence-corrected chi connectivity index (χ4v) is 1.41. The van der Waals surface area contributed by atoms with Crippen molar-refractivity contribution in [3.05, 3.63) is 46.5 Å². The van der Waals surface area contributed by atoms with Crippen LogP contribution in [0.1, 0.15) is 5.56 Å². The second-order valence-electron chi connectivity index (χ2n) is 3.12. The van der Waals surface area contributed by atoms with Crippen LogP contribution in [0.4, 0.5) is 0 Å². The third-order valence-corrected chi connectivity index (χ3v) is 2.11. The first-order valence-corrected chi connectivity index (χ1v) is 4.49. The molecule has 0 radical (unpaired) electrons. The van der Waals surface area contributed by atoms with Gasteiger partial charge in [-0.3, -0.25) is 14.8 Å². The van der Waals surface area contributed by atoms with Crippen molar-refractivity contribution in [1.82, 2.24) is 9.97 Å². The maximum absolute atomic E-state index is 11.2. The SMILES string of the molecule is N#Cc1c(-c2cccnc2)cc(=O)[nH]c1O. The molecule has 0 unspecified atom stereocenters. The smallest absolute Gasteiger partial charge is 0.251 e. The van der Waals surface area contributed by atoms with Crippen LogP contribution in [0.15, 0.2) is 35.4 Å². The summed E-state index contributed by atoms with van der Waals surface area (Å²) in [5, 5.41) is 18.3. The van der Waals surface area contributed by atoms with E-state index in [0.29, 0.717) is 11.1 Å². The minimum absolute atomic E-state index is 0.0348. The molecular weight excluding hydrogens is 206 g/mol. The van der Waals surface area contributed by atoms with Gasteiger partial charge in [0.2, 0.25) is 5.88 Å². The van der Waals surface area contributed by atoms with E-state index in [1.165, 1.54) is 12.3 Å². The van der Waals surface area contributed by atoms with Crippen molar-refractivity contribution >= 4 is 0 Å². The van der Waals surface area contributed by atoms with Gasteiger partial charge in [0, 0.05) is 29.6 Å². The van der Waals surface area contributed by atoms with E-state index in [0.717, 1.165) is 0 Å². The summed E-state index contributed by atoms with van der Waals surface area (Å²) >= 11 is 0. The molecule has 2 heterocycles. The lowest BCUT2D eigenvalue weighted by Crippen LogP contribution is -2.06. The van der Waals surface area contributed by atoms with Crippen molar-refractivity contribution in [3.63, 3.8) is 0 Å². The Bertz CT molecular complexity index is 611. The van der Waals surface area contributed by atoms with Crippen molar-refractivity contribution < 1.29 is 5.11 Å². The minimum atomic E-state index is -0.463. The summed E-state index contributed by atoms with van der Waals surface area (Å²) in [6.45, 7) is 0. The molecule has 0 aliphatic heterocycles. The van der Waals surface area contributed by atoms with E-state index in [1.54, 1.807) is 18.3 Å². The minimum Gasteiger partial charge on any atom is -0.494 e. The molecule has 0 aromatic carbocycles. The Morgan fingerprint density at radius 1 is 1.50 bits per heavy atom. The van der Waals surface area contributed by atoms with Crippen molar-refractivity contribution in [1.29, 1.82) is 5.26 Å². The summed E-state index contributed by atoms with van der Waals surface area (Å²) in [6.07, 6.45) is 3.11. The molecule has 2 rings (SSSR count). The Balaban J connectivity index is 2.75. The summed E-state index contributed by atoms with van der Waals surface area (Å²) in [6, 6.07) is 6.50. The molecule has 16 heavy (non-hydrogen) atoms. The molecule has 78 valence electrons. The molecule has 0 amide bonds. The van der Waals surface area contributed by atoms with Gasteiger partial charge in [0.1, 0.15) is 11.6 Å². The van der Waals surface area contributed by atoms with Crippen LogP contribution in [-0.2, 0) is 0 Å². The predicted octanol–water partition coefficient (Wildman–Crippen LogP) is 1.01. The molecule has 5 nitrogen and oxygen atoms in total. The van der Waals surface area contributed by atoms with Crippen LogP contribution in [0, 0.1) is 11.3 Å². The molecule has 2 N–H and O–H groups in total. The second kappa shape index (κ2) is 3.87. The van der Waals surface area contributed by atoms with Gasteiger partial charge in [-0.05, 0) is 6.07 Å². The zero-order chi connectivity index (χ0) is 11.5. The molecule has 2 aromatic heterocycles. The van der Waals surface area contributed by atoms with Gasteiger partial charge in [-0.25, -0.2) is 0 Å². The predicted molar refractivity (Wildman–Crippen MR) is 56.7 cm³/mol. The van der Waals surface area contributed by atoms with E-state index in [4.69, 9.17) is 5.26 Å². The van der Waals surface area contributed by atoms with Crippen LogP contribution < -0.4 is 5.56 Å². The molecule has 0 fully saturated rings. The number of aromatic nitrogens is 2. The van der Waals surface area contributed by atoms with Crippen molar-refractivity contribution in [2.24, 2.45) is 0 Å². The molecule has 0 aliphatic carbocycles. The molecule has 0 saturated heterocycles. The fourth-order valence-electron chi connectivity index (χ4n) is 1.41. The molecule has 0 aliphatic rings. The highest BCUT2D eigenvalue weighted by Crippen LogP contribution is 2.25. The van der Waals surface area contributed by atoms with E-state index >= 15 is 0 Å². The Kier molecular flexibility index (Phi) is 2.40. The number of rotatable bonds is 1. The van der Waals surface area contributed by atoms with Crippen molar-refractivity contribution in [2.75, 3.05) is 0 Å². The van der Waals surface area contributed by atoms with Gasteiger partial charge >= 0.3 is 0 Å². The first kappa shape index (κ1) is 9.93. The number of hydrogen-bond acceptors (Lipinski definition) is 4. The zero-order valence-electron chi connectivity index (χ0n) is 8.14. The van der Waals surface area contributed by atoms with E-state index in [-0.39, 0.29) is 5.56 Å². The maximum atomic E-state index is 11.2. The lowest BCUT2D eigenvalue weighted by molar-refractivity contribution is 0.450. The van der Waals surface area contributed by atoms with Crippen LogP contribution >= 0.6 is 0 Å². The highest BCUT2D eigenvalue weighted by atomic mass is 16.3. The molecular formula is C11H7N3O2. The van der Waals surface area contributed by atoms with Crippen molar-refractivity contribution in [2.45, 2.75) is 0 Å². The van der Waals surface area contributed by atoms with Crippen LogP contribution in [0.5, 0.6) is 5.88 Å². The lowest BCUT2D eigenvalue weighted by Gasteiger charge is -2.03. The van der Waals surface area contributed by atoms with E-state index in [9.17, 15) is 9.90 Å². The first-order valence-electron chi connectivity index (χ1n) is 4.49. The van der Waals surface area contributed by atoms with Crippen LogP contribution in [0.2, 0.25) is 0 Å². The number of hydrogen-bond donors (Lipinski definition) is 2. The number of nitriles is 1. The second-order valence-corrected chi connectivity index (χ2v) is 3.12. The molecule has 0 bridgehead atoms. The summed E-state index contributed by atoms with van der Waals surface area (Å²) in [7, 11) is 0. The number of aromatic hydroxyl groups is 1. The van der Waals surface area contributed by atoms with Crippen LogP contribution in [0.25, 0.3) is 11.1 Å². The average molecular weight is 213 g/mol. The Morgan fingerprint density at radius 3 is 2.94 bits per heavy atom. The number of pyridine rings is 2. The average Bonchev–Trinajstić information content (AvgIpc) is 2.29. The largest absolute Gasteiger partial charge is 0.494 e. The van der Waals surface area contributed by atoms with Crippen LogP contribution in [0.3, 0.4) is 0 Å². The topological polar surface area (TPSA) is 89.8 Å². The Morgan fingerprint density at radius 2 is 2.31 bits per heavy atom. The van der Waals surface area contributed by atoms with Gasteiger partial charge < -0.3 is 5.11 Å². The van der Waals surface area contributed by atoms with Crippen molar-refractivity contribution in [3.8, 4) is 23.1 Å². The lowest BCUT2D eigenvalue weighted by atomic mass is 10.0. The normalized spacial score (nSPS) is 9.69. The maximum Gasteiger partial charge on any atom is 0.251 e. The summed E-state index contributed by atoms with van der Waals surface area (Å²) in [5.41, 5.74) is 0.556. The number of nitrogens with zero attached hydrogens (tertiary/aromatic N) is 2. The van der Waals surface area contributed by atoms with Crippen LogP contribution in [-0.4, -0.2) is 15.1 Å². The highest BCUT2D eigenvalue weighted by molar-refractivity contribution is 5.71. The van der Waals surface area contributed by atoms with Gasteiger partial charge in [-0.1, -0.05) is 6.07 Å². The molecule has 0 atom stereocenters. The quantitative estimate of drug-likeness (QED) is 0.739. The number of nitrogens with one attached hydrogen (secondary N) is 1. The fraction of sp³-hybridized carbons (Fsp3) is 0. The van der Waals surface area contributed by atoms with Gasteiger partial charge in [0.15, 0.2) is 0 Å². The third-order valence-electron chi connectivity index (χ3n) is 2.11. The molecule has 5 heteroatoms. The van der Waals surface area contributed by atoms with E-state index in [2.05, 4.69) is 9.97 Å². The standard InChI is InChI=1S/C11H7N3O2/c12-5-9-8(4-10(15)14-11(9)16)7-2-1-3-13-6-7/h1-4,6H,(H2,14,15,16).